The van der Waals surface area contributed by atoms with Crippen LogP contribution in [0.4, 0.5) is 0 Å². The normalized spacial score (nSPS) is 15.2. The molecular formula is C30H63N2O6P. The van der Waals surface area contributed by atoms with Gasteiger partial charge in [0, 0.05) is 6.42 Å². The summed E-state index contributed by atoms with van der Waals surface area (Å²) in [5.74, 6) is -0.191. The Morgan fingerprint density at radius 1 is 0.795 bits per heavy atom. The minimum Gasteiger partial charge on any atom is -0.756 e. The zero-order valence-electron chi connectivity index (χ0n) is 26.1. The Balaban J connectivity index is 4.31. The number of phosphoric acid groups is 1. The van der Waals surface area contributed by atoms with Crippen LogP contribution in [0.2, 0.25) is 0 Å². The SMILES string of the molecule is CCCCCCCCCCCCCCCCC(O)C(COP(=O)([O-])OCC[N+](C)(C)C)NC(=O)CCCCC. The van der Waals surface area contributed by atoms with E-state index in [1.807, 2.05) is 21.1 Å². The van der Waals surface area contributed by atoms with Crippen LogP contribution in [-0.2, 0) is 18.4 Å². The summed E-state index contributed by atoms with van der Waals surface area (Å²) in [6.45, 7) is 4.52. The van der Waals surface area contributed by atoms with Gasteiger partial charge in [0.1, 0.15) is 13.2 Å². The summed E-state index contributed by atoms with van der Waals surface area (Å²) in [4.78, 5) is 24.6. The van der Waals surface area contributed by atoms with Crippen LogP contribution in [0.1, 0.15) is 136 Å². The van der Waals surface area contributed by atoms with Crippen molar-refractivity contribution in [3.63, 3.8) is 0 Å². The molecule has 234 valence electrons. The van der Waals surface area contributed by atoms with Crippen LogP contribution < -0.4 is 10.2 Å². The zero-order chi connectivity index (χ0) is 29.4. The summed E-state index contributed by atoms with van der Waals surface area (Å²) >= 11 is 0. The van der Waals surface area contributed by atoms with Gasteiger partial charge in [0.2, 0.25) is 5.91 Å². The molecule has 0 saturated carbocycles. The van der Waals surface area contributed by atoms with E-state index >= 15 is 0 Å². The Kier molecular flexibility index (Phi) is 23.8. The maximum Gasteiger partial charge on any atom is 0.268 e. The van der Waals surface area contributed by atoms with Crippen molar-refractivity contribution in [2.45, 2.75) is 148 Å². The number of hydrogen-bond donors (Lipinski definition) is 2. The van der Waals surface area contributed by atoms with Crippen LogP contribution in [0.3, 0.4) is 0 Å². The number of nitrogens with zero attached hydrogens (tertiary/aromatic N) is 1. The van der Waals surface area contributed by atoms with Gasteiger partial charge in [-0.1, -0.05) is 117 Å². The van der Waals surface area contributed by atoms with Crippen molar-refractivity contribution < 1.29 is 32.9 Å². The molecule has 3 unspecified atom stereocenters. The maximum atomic E-state index is 12.4. The number of quaternary nitrogens is 1. The minimum atomic E-state index is -4.53. The summed E-state index contributed by atoms with van der Waals surface area (Å²) in [5.41, 5.74) is 0. The predicted octanol–water partition coefficient (Wildman–Crippen LogP) is 6.49. The first-order chi connectivity index (χ1) is 18.5. The van der Waals surface area contributed by atoms with E-state index in [-0.39, 0.29) is 19.1 Å². The Labute approximate surface area is 240 Å². The Morgan fingerprint density at radius 2 is 1.26 bits per heavy atom. The van der Waals surface area contributed by atoms with Gasteiger partial charge in [-0.2, -0.15) is 0 Å². The van der Waals surface area contributed by atoms with Crippen LogP contribution in [0, 0.1) is 0 Å². The van der Waals surface area contributed by atoms with E-state index in [0.717, 1.165) is 38.5 Å². The van der Waals surface area contributed by atoms with Gasteiger partial charge < -0.3 is 28.8 Å². The molecule has 2 N–H and O–H groups in total. The maximum absolute atomic E-state index is 12.4. The molecule has 0 aliphatic rings. The smallest absolute Gasteiger partial charge is 0.268 e. The second-order valence-electron chi connectivity index (χ2n) is 12.2. The first-order valence-corrected chi connectivity index (χ1v) is 17.3. The molecule has 0 heterocycles. The molecule has 0 spiro atoms. The van der Waals surface area contributed by atoms with Crippen LogP contribution in [0.5, 0.6) is 0 Å². The summed E-state index contributed by atoms with van der Waals surface area (Å²) in [6.07, 6.45) is 20.3. The van der Waals surface area contributed by atoms with Crippen molar-refractivity contribution >= 4 is 13.7 Å². The number of carbonyl (C=O) groups is 1. The fourth-order valence-electron chi connectivity index (χ4n) is 4.45. The summed E-state index contributed by atoms with van der Waals surface area (Å²) in [5, 5.41) is 13.6. The molecule has 9 heteroatoms. The zero-order valence-corrected chi connectivity index (χ0v) is 27.0. The number of carbonyl (C=O) groups excluding carboxylic acids is 1. The number of rotatable bonds is 28. The highest BCUT2D eigenvalue weighted by Crippen LogP contribution is 2.38. The topological polar surface area (TPSA) is 108 Å². The van der Waals surface area contributed by atoms with Crippen molar-refractivity contribution in [1.82, 2.24) is 5.32 Å². The molecule has 0 radical (unpaired) electrons. The lowest BCUT2D eigenvalue weighted by molar-refractivity contribution is -0.870. The number of phosphoric ester groups is 1. The molecule has 0 rings (SSSR count). The summed E-state index contributed by atoms with van der Waals surface area (Å²) in [6, 6.07) is -0.787. The largest absolute Gasteiger partial charge is 0.756 e. The highest BCUT2D eigenvalue weighted by atomic mass is 31.2. The molecule has 0 aliphatic heterocycles. The highest BCUT2D eigenvalue weighted by molar-refractivity contribution is 7.45. The average Bonchev–Trinajstić information content (AvgIpc) is 2.85. The quantitative estimate of drug-likeness (QED) is 0.0624. The molecule has 0 saturated heterocycles. The van der Waals surface area contributed by atoms with Crippen LogP contribution in [-0.4, -0.2) is 68.5 Å². The van der Waals surface area contributed by atoms with Crippen molar-refractivity contribution in [1.29, 1.82) is 0 Å². The van der Waals surface area contributed by atoms with Gasteiger partial charge in [0.05, 0.1) is 39.9 Å². The first kappa shape index (κ1) is 38.5. The van der Waals surface area contributed by atoms with E-state index in [0.29, 0.717) is 23.9 Å². The minimum absolute atomic E-state index is 0.0138. The van der Waals surface area contributed by atoms with Gasteiger partial charge in [0.25, 0.3) is 7.82 Å². The van der Waals surface area contributed by atoms with E-state index in [9.17, 15) is 19.4 Å². The summed E-state index contributed by atoms with van der Waals surface area (Å²) < 4.78 is 22.8. The van der Waals surface area contributed by atoms with E-state index in [1.165, 1.54) is 70.6 Å². The van der Waals surface area contributed by atoms with E-state index < -0.39 is 20.0 Å². The van der Waals surface area contributed by atoms with Crippen LogP contribution >= 0.6 is 7.82 Å². The molecule has 0 aliphatic carbocycles. The number of aliphatic hydroxyl groups is 1. The molecule has 8 nitrogen and oxygen atoms in total. The Hall–Kier alpha value is -0.500. The summed E-state index contributed by atoms with van der Waals surface area (Å²) in [7, 11) is 1.30. The lowest BCUT2D eigenvalue weighted by Gasteiger charge is -2.30. The Morgan fingerprint density at radius 3 is 1.74 bits per heavy atom. The molecule has 0 fully saturated rings. The number of unbranched alkanes of at least 4 members (excludes halogenated alkanes) is 15. The fourth-order valence-corrected chi connectivity index (χ4v) is 5.17. The number of likely N-dealkylation sites (N-methyl/N-ethyl adjacent to an activating group) is 1. The van der Waals surface area contributed by atoms with Gasteiger partial charge >= 0.3 is 0 Å². The third kappa shape index (κ3) is 26.2. The second-order valence-corrected chi connectivity index (χ2v) is 13.6. The van der Waals surface area contributed by atoms with E-state index in [4.69, 9.17) is 9.05 Å². The Bertz CT molecular complexity index is 629. The van der Waals surface area contributed by atoms with Crippen molar-refractivity contribution in [2.75, 3.05) is 40.9 Å². The number of hydrogen-bond acceptors (Lipinski definition) is 6. The van der Waals surface area contributed by atoms with Gasteiger partial charge in [-0.05, 0) is 12.8 Å². The van der Waals surface area contributed by atoms with Gasteiger partial charge in [-0.3, -0.25) is 9.36 Å². The molecular weight excluding hydrogens is 515 g/mol. The van der Waals surface area contributed by atoms with Crippen molar-refractivity contribution in [2.24, 2.45) is 0 Å². The molecule has 3 atom stereocenters. The van der Waals surface area contributed by atoms with Gasteiger partial charge in [0.15, 0.2) is 0 Å². The number of aliphatic hydroxyl groups excluding tert-OH is 1. The van der Waals surface area contributed by atoms with E-state index in [2.05, 4.69) is 19.2 Å². The molecule has 1 amide bonds. The molecule has 0 bridgehead atoms. The fraction of sp³-hybridized carbons (Fsp3) is 0.967. The van der Waals surface area contributed by atoms with E-state index in [1.54, 1.807) is 0 Å². The third-order valence-corrected chi connectivity index (χ3v) is 8.06. The second kappa shape index (κ2) is 24.1. The van der Waals surface area contributed by atoms with Gasteiger partial charge in [-0.15, -0.1) is 0 Å². The molecule has 39 heavy (non-hydrogen) atoms. The van der Waals surface area contributed by atoms with Gasteiger partial charge in [-0.25, -0.2) is 0 Å². The lowest BCUT2D eigenvalue weighted by atomic mass is 10.0. The number of nitrogens with one attached hydrogen (secondary N) is 1. The molecule has 0 aromatic carbocycles. The molecule has 0 aromatic rings. The lowest BCUT2D eigenvalue weighted by Crippen LogP contribution is -2.46. The first-order valence-electron chi connectivity index (χ1n) is 15.9. The third-order valence-electron chi connectivity index (χ3n) is 7.10. The van der Waals surface area contributed by atoms with Crippen molar-refractivity contribution in [3.05, 3.63) is 0 Å². The standard InChI is InChI=1S/C30H63N2O6P/c1-6-8-10-11-12-13-14-15-16-17-18-19-20-22-23-29(33)28(31-30(34)24-21-9-7-2)27-38-39(35,36)37-26-25-32(3,4)5/h28-29,33H,6-27H2,1-5H3,(H-,31,34,35,36). The van der Waals surface area contributed by atoms with Crippen LogP contribution in [0.15, 0.2) is 0 Å². The predicted molar refractivity (Wildman–Crippen MR) is 159 cm³/mol. The van der Waals surface area contributed by atoms with Crippen LogP contribution in [0.25, 0.3) is 0 Å². The molecule has 0 aromatic heterocycles. The van der Waals surface area contributed by atoms with Crippen molar-refractivity contribution in [3.8, 4) is 0 Å². The average molecular weight is 579 g/mol. The number of amides is 1. The monoisotopic (exact) mass is 578 g/mol. The highest BCUT2D eigenvalue weighted by Gasteiger charge is 2.24.